The zero-order valence-corrected chi connectivity index (χ0v) is 20.9. The number of anilines is 2. The zero-order chi connectivity index (χ0) is 24.1. The van der Waals surface area contributed by atoms with Crippen molar-refractivity contribution in [3.05, 3.63) is 68.2 Å². The molecule has 0 saturated carbocycles. The number of hydroxylamine groups is 1. The summed E-state index contributed by atoms with van der Waals surface area (Å²) in [4.78, 5) is 49.4. The number of fused-ring (bicyclic) bond motifs is 1. The van der Waals surface area contributed by atoms with Crippen LogP contribution in [0, 0.1) is 26.7 Å². The molecule has 2 aliphatic rings. The summed E-state index contributed by atoms with van der Waals surface area (Å²) >= 11 is 2.77. The Labute approximate surface area is 205 Å². The van der Waals surface area contributed by atoms with E-state index in [1.165, 1.54) is 22.7 Å². The molecule has 2 aromatic heterocycles. The summed E-state index contributed by atoms with van der Waals surface area (Å²) in [5.41, 5.74) is 2.79. The Morgan fingerprint density at radius 1 is 1.09 bits per heavy atom. The number of para-hydroxylation sites is 1. The molecule has 1 aromatic carbocycles. The molecule has 7 nitrogen and oxygen atoms in total. The summed E-state index contributed by atoms with van der Waals surface area (Å²) in [5, 5.41) is 3.97. The van der Waals surface area contributed by atoms with Crippen molar-refractivity contribution >= 4 is 51.1 Å². The number of ether oxygens (including phenoxy) is 1. The summed E-state index contributed by atoms with van der Waals surface area (Å²) in [7, 11) is 0. The molecule has 2 aliphatic heterocycles. The predicted octanol–water partition coefficient (Wildman–Crippen LogP) is 4.96. The number of hydrogen-bond acceptors (Lipinski definition) is 8. The number of imide groups is 1. The number of carbonyl (C=O) groups is 3. The number of thiophene rings is 2. The number of aryl methyl sites for hydroxylation is 2. The highest BCUT2D eigenvalue weighted by Crippen LogP contribution is 2.50. The van der Waals surface area contributed by atoms with Crippen LogP contribution in [0.3, 0.4) is 0 Å². The monoisotopic (exact) mass is 496 g/mol. The van der Waals surface area contributed by atoms with Crippen LogP contribution in [0.2, 0.25) is 0 Å². The minimum absolute atomic E-state index is 0.203. The van der Waals surface area contributed by atoms with E-state index in [9.17, 15) is 14.4 Å². The average Bonchev–Trinajstić information content (AvgIpc) is 3.56. The van der Waals surface area contributed by atoms with Crippen LogP contribution < -0.4 is 9.96 Å². The van der Waals surface area contributed by atoms with E-state index in [0.717, 1.165) is 25.9 Å². The maximum atomic E-state index is 13.9. The molecule has 5 rings (SSSR count). The smallest absolute Gasteiger partial charge is 0.341 e. The lowest BCUT2D eigenvalue weighted by Gasteiger charge is -2.28. The highest BCUT2D eigenvalue weighted by atomic mass is 32.1. The molecule has 3 unspecified atom stereocenters. The zero-order valence-electron chi connectivity index (χ0n) is 19.2. The largest absolute Gasteiger partial charge is 0.462 e. The lowest BCUT2D eigenvalue weighted by Crippen LogP contribution is -2.37. The third-order valence-electron chi connectivity index (χ3n) is 6.35. The van der Waals surface area contributed by atoms with Crippen LogP contribution in [-0.4, -0.2) is 30.5 Å². The summed E-state index contributed by atoms with van der Waals surface area (Å²) in [6.07, 6.45) is -0.975. The van der Waals surface area contributed by atoms with Gasteiger partial charge in [0.1, 0.15) is 17.0 Å². The molecule has 0 aliphatic carbocycles. The van der Waals surface area contributed by atoms with Gasteiger partial charge in [0.2, 0.25) is 5.91 Å². The molecule has 3 atom stereocenters. The maximum Gasteiger partial charge on any atom is 0.341 e. The third kappa shape index (κ3) is 3.38. The van der Waals surface area contributed by atoms with Crippen LogP contribution in [0.15, 0.2) is 41.8 Å². The number of carbonyl (C=O) groups excluding carboxylic acids is 3. The molecule has 176 valence electrons. The number of nitrogens with zero attached hydrogens (tertiary/aromatic N) is 2. The first-order chi connectivity index (χ1) is 16.3. The van der Waals surface area contributed by atoms with Crippen LogP contribution in [0.1, 0.15) is 44.2 Å². The standard InChI is InChI=1S/C25H24N2O5S2/c1-5-31-25(30)18-14(3)15(4)34-24(18)26-22(28)19-20(17-11-8-12-33-17)27(32-21(19)23(26)29)16-10-7-6-9-13(16)2/h6-12,19-21H,5H2,1-4H3. The van der Waals surface area contributed by atoms with Gasteiger partial charge in [-0.15, -0.1) is 22.7 Å². The van der Waals surface area contributed by atoms with Gasteiger partial charge in [-0.05, 0) is 56.3 Å². The van der Waals surface area contributed by atoms with Gasteiger partial charge in [-0.2, -0.15) is 0 Å². The van der Waals surface area contributed by atoms with E-state index in [4.69, 9.17) is 9.57 Å². The first-order valence-corrected chi connectivity index (χ1v) is 12.7. The second-order valence-corrected chi connectivity index (χ2v) is 10.5. The fourth-order valence-corrected chi connectivity index (χ4v) is 6.60. The molecule has 9 heteroatoms. The minimum Gasteiger partial charge on any atom is -0.462 e. The van der Waals surface area contributed by atoms with Gasteiger partial charge in [-0.3, -0.25) is 14.4 Å². The van der Waals surface area contributed by atoms with Gasteiger partial charge in [0, 0.05) is 9.75 Å². The molecule has 0 spiro atoms. The highest BCUT2D eigenvalue weighted by Gasteiger charge is 2.61. The van der Waals surface area contributed by atoms with E-state index in [0.29, 0.717) is 10.6 Å². The molecule has 4 heterocycles. The van der Waals surface area contributed by atoms with Gasteiger partial charge in [-0.1, -0.05) is 24.3 Å². The Hall–Kier alpha value is -3.01. The Morgan fingerprint density at radius 3 is 2.53 bits per heavy atom. The maximum absolute atomic E-state index is 13.9. The Kier molecular flexibility index (Phi) is 5.79. The van der Waals surface area contributed by atoms with E-state index in [1.54, 1.807) is 18.9 Å². The SMILES string of the molecule is CCOC(=O)c1c(N2C(=O)C3ON(c4ccccc4C)C(c4cccs4)C3C2=O)sc(C)c1C. The lowest BCUT2D eigenvalue weighted by molar-refractivity contribution is -0.126. The van der Waals surface area contributed by atoms with Gasteiger partial charge in [0.15, 0.2) is 6.10 Å². The van der Waals surface area contributed by atoms with Gasteiger partial charge < -0.3 is 4.74 Å². The minimum atomic E-state index is -0.975. The van der Waals surface area contributed by atoms with Crippen molar-refractivity contribution in [2.45, 2.75) is 39.8 Å². The predicted molar refractivity (Wildman–Crippen MR) is 131 cm³/mol. The molecule has 2 amide bonds. The van der Waals surface area contributed by atoms with E-state index < -0.39 is 29.9 Å². The Bertz CT molecular complexity index is 1280. The molecule has 34 heavy (non-hydrogen) atoms. The Balaban J connectivity index is 1.59. The van der Waals surface area contributed by atoms with Crippen molar-refractivity contribution in [3.8, 4) is 0 Å². The van der Waals surface area contributed by atoms with Crippen molar-refractivity contribution in [2.24, 2.45) is 5.92 Å². The molecule has 0 N–H and O–H groups in total. The van der Waals surface area contributed by atoms with Gasteiger partial charge >= 0.3 is 5.97 Å². The fraction of sp³-hybridized carbons (Fsp3) is 0.320. The topological polar surface area (TPSA) is 76.2 Å². The number of benzene rings is 1. The molecular formula is C25H24N2O5S2. The first kappa shape index (κ1) is 22.8. The molecule has 2 saturated heterocycles. The van der Waals surface area contributed by atoms with Crippen LogP contribution in [0.25, 0.3) is 0 Å². The summed E-state index contributed by atoms with van der Waals surface area (Å²) in [6, 6.07) is 11.2. The summed E-state index contributed by atoms with van der Waals surface area (Å²) in [5.74, 6) is -2.09. The van der Waals surface area contributed by atoms with Crippen molar-refractivity contribution in [2.75, 3.05) is 16.6 Å². The van der Waals surface area contributed by atoms with Gasteiger partial charge in [-0.25, -0.2) is 14.8 Å². The fourth-order valence-electron chi connectivity index (χ4n) is 4.59. The quantitative estimate of drug-likeness (QED) is 0.367. The third-order valence-corrected chi connectivity index (χ3v) is 8.49. The molecule has 2 fully saturated rings. The van der Waals surface area contributed by atoms with Gasteiger partial charge in [0.25, 0.3) is 5.91 Å². The van der Waals surface area contributed by atoms with Crippen molar-refractivity contribution in [1.82, 2.24) is 0 Å². The Morgan fingerprint density at radius 2 is 1.85 bits per heavy atom. The molecule has 0 radical (unpaired) electrons. The number of amides is 2. The van der Waals surface area contributed by atoms with Gasteiger partial charge in [0.05, 0.1) is 17.9 Å². The average molecular weight is 497 g/mol. The van der Waals surface area contributed by atoms with Crippen LogP contribution in [-0.2, 0) is 19.2 Å². The highest BCUT2D eigenvalue weighted by molar-refractivity contribution is 7.17. The van der Waals surface area contributed by atoms with E-state index in [-0.39, 0.29) is 18.1 Å². The van der Waals surface area contributed by atoms with E-state index in [1.807, 2.05) is 55.6 Å². The number of esters is 1. The normalized spacial score (nSPS) is 21.9. The molecule has 3 aromatic rings. The van der Waals surface area contributed by atoms with Crippen LogP contribution in [0.5, 0.6) is 0 Å². The second kappa shape index (κ2) is 8.65. The first-order valence-electron chi connectivity index (χ1n) is 11.0. The summed E-state index contributed by atoms with van der Waals surface area (Å²) < 4.78 is 5.24. The molecule has 0 bridgehead atoms. The van der Waals surface area contributed by atoms with Crippen molar-refractivity contribution < 1.29 is 24.0 Å². The van der Waals surface area contributed by atoms with E-state index in [2.05, 4.69) is 0 Å². The number of rotatable bonds is 5. The summed E-state index contributed by atoms with van der Waals surface area (Å²) in [6.45, 7) is 7.56. The van der Waals surface area contributed by atoms with Crippen LogP contribution >= 0.6 is 22.7 Å². The van der Waals surface area contributed by atoms with Crippen molar-refractivity contribution in [3.63, 3.8) is 0 Å². The van der Waals surface area contributed by atoms with E-state index >= 15 is 0 Å². The van der Waals surface area contributed by atoms with Crippen molar-refractivity contribution in [1.29, 1.82) is 0 Å². The lowest BCUT2D eigenvalue weighted by atomic mass is 9.95. The second-order valence-electron chi connectivity index (χ2n) is 8.32. The number of hydrogen-bond donors (Lipinski definition) is 0. The van der Waals surface area contributed by atoms with Crippen LogP contribution in [0.4, 0.5) is 10.7 Å². The molecular weight excluding hydrogens is 472 g/mol.